The second-order valence-corrected chi connectivity index (χ2v) is 4.22. The van der Waals surface area contributed by atoms with Gasteiger partial charge >= 0.3 is 6.03 Å². The first kappa shape index (κ1) is 11.4. The van der Waals surface area contributed by atoms with Crippen LogP contribution in [0.2, 0.25) is 0 Å². The number of nitrogens with two attached hydrogens (primary N) is 1. The van der Waals surface area contributed by atoms with E-state index >= 15 is 0 Å². The first-order valence-electron chi connectivity index (χ1n) is 5.78. The van der Waals surface area contributed by atoms with Crippen LogP contribution in [0.4, 0.5) is 16.3 Å². The van der Waals surface area contributed by atoms with Crippen molar-refractivity contribution in [3.8, 4) is 0 Å². The average molecular weight is 257 g/mol. The maximum absolute atomic E-state index is 11.9. The van der Waals surface area contributed by atoms with Crippen molar-refractivity contribution in [2.45, 2.75) is 6.42 Å². The fourth-order valence-electron chi connectivity index (χ4n) is 2.14. The molecule has 0 aliphatic carbocycles. The molecule has 2 aromatic rings. The normalized spacial score (nSPS) is 15.7. The summed E-state index contributed by atoms with van der Waals surface area (Å²) in [6.07, 6.45) is 1.83. The van der Waals surface area contributed by atoms with Crippen LogP contribution in [-0.4, -0.2) is 28.7 Å². The minimum Gasteiger partial charge on any atom is -0.382 e. The highest BCUT2D eigenvalue weighted by atomic mass is 16.2. The highest BCUT2D eigenvalue weighted by Gasteiger charge is 2.25. The van der Waals surface area contributed by atoms with Gasteiger partial charge in [0.2, 0.25) is 5.91 Å². The van der Waals surface area contributed by atoms with E-state index in [1.54, 1.807) is 18.3 Å². The zero-order chi connectivity index (χ0) is 13.4. The van der Waals surface area contributed by atoms with Gasteiger partial charge in [0.25, 0.3) is 0 Å². The molecule has 1 fully saturated rings. The summed E-state index contributed by atoms with van der Waals surface area (Å²) < 4.78 is 0. The maximum atomic E-state index is 11.9. The number of aromatic nitrogens is 2. The lowest BCUT2D eigenvalue weighted by Gasteiger charge is -2.27. The number of hydrogen-bond donors (Lipinski definition) is 2. The molecule has 1 saturated heterocycles. The maximum Gasteiger partial charge on any atom is 0.328 e. The Morgan fingerprint density at radius 3 is 2.89 bits per heavy atom. The highest BCUT2D eigenvalue weighted by Crippen LogP contribution is 2.29. The van der Waals surface area contributed by atoms with Crippen LogP contribution >= 0.6 is 0 Å². The van der Waals surface area contributed by atoms with E-state index < -0.39 is 6.03 Å². The van der Waals surface area contributed by atoms with Gasteiger partial charge in [-0.15, -0.1) is 5.10 Å². The van der Waals surface area contributed by atoms with E-state index in [4.69, 9.17) is 5.73 Å². The Morgan fingerprint density at radius 1 is 1.26 bits per heavy atom. The van der Waals surface area contributed by atoms with Crippen LogP contribution < -0.4 is 16.0 Å². The Balaban J connectivity index is 2.13. The number of anilines is 2. The molecule has 1 aliphatic rings. The molecule has 1 aliphatic heterocycles. The molecule has 0 spiro atoms. The van der Waals surface area contributed by atoms with E-state index in [0.717, 1.165) is 10.8 Å². The summed E-state index contributed by atoms with van der Waals surface area (Å²) in [5, 5.41) is 11.3. The SMILES string of the molecule is Nc1nncc2c(N3CCC(=O)NC3=O)cccc12. The van der Waals surface area contributed by atoms with E-state index in [1.807, 2.05) is 6.07 Å². The van der Waals surface area contributed by atoms with E-state index in [-0.39, 0.29) is 12.3 Å². The summed E-state index contributed by atoms with van der Waals surface area (Å²) in [6.45, 7) is 0.339. The van der Waals surface area contributed by atoms with Crippen LogP contribution in [0.15, 0.2) is 24.4 Å². The third kappa shape index (κ3) is 1.85. The number of hydrogen-bond acceptors (Lipinski definition) is 5. The minimum absolute atomic E-state index is 0.263. The second kappa shape index (κ2) is 4.20. The van der Waals surface area contributed by atoms with Crippen LogP contribution in [0.1, 0.15) is 6.42 Å². The number of fused-ring (bicyclic) bond motifs is 1. The first-order chi connectivity index (χ1) is 9.16. The van der Waals surface area contributed by atoms with Crippen LogP contribution in [0.25, 0.3) is 10.8 Å². The topological polar surface area (TPSA) is 101 Å². The third-order valence-electron chi connectivity index (χ3n) is 3.06. The van der Waals surface area contributed by atoms with Gasteiger partial charge in [0, 0.05) is 23.7 Å². The summed E-state index contributed by atoms with van der Waals surface area (Å²) in [4.78, 5) is 24.5. The lowest BCUT2D eigenvalue weighted by molar-refractivity contribution is -0.120. The van der Waals surface area contributed by atoms with Gasteiger partial charge in [-0.05, 0) is 6.07 Å². The van der Waals surface area contributed by atoms with E-state index in [2.05, 4.69) is 15.5 Å². The molecule has 2 heterocycles. The predicted molar refractivity (Wildman–Crippen MR) is 69.5 cm³/mol. The molecule has 0 bridgehead atoms. The van der Waals surface area contributed by atoms with Crippen molar-refractivity contribution in [2.24, 2.45) is 0 Å². The zero-order valence-electron chi connectivity index (χ0n) is 9.96. The third-order valence-corrected chi connectivity index (χ3v) is 3.06. The van der Waals surface area contributed by atoms with Crippen molar-refractivity contribution in [1.82, 2.24) is 15.5 Å². The van der Waals surface area contributed by atoms with Crippen molar-refractivity contribution < 1.29 is 9.59 Å². The molecule has 0 saturated carbocycles. The molecule has 1 aromatic carbocycles. The summed E-state index contributed by atoms with van der Waals surface area (Å²) in [6, 6.07) is 4.97. The van der Waals surface area contributed by atoms with Gasteiger partial charge in [-0.3, -0.25) is 15.0 Å². The number of nitrogen functional groups attached to an aromatic ring is 1. The van der Waals surface area contributed by atoms with Gasteiger partial charge in [-0.25, -0.2) is 4.79 Å². The molecule has 0 atom stereocenters. The number of carbonyl (C=O) groups excluding carboxylic acids is 2. The van der Waals surface area contributed by atoms with Gasteiger partial charge in [0.15, 0.2) is 5.82 Å². The van der Waals surface area contributed by atoms with Crippen LogP contribution in [0.3, 0.4) is 0 Å². The quantitative estimate of drug-likeness (QED) is 0.781. The van der Waals surface area contributed by atoms with Gasteiger partial charge < -0.3 is 5.73 Å². The fraction of sp³-hybridized carbons (Fsp3) is 0.167. The number of rotatable bonds is 1. The average Bonchev–Trinajstić information content (AvgIpc) is 2.39. The van der Waals surface area contributed by atoms with Gasteiger partial charge in [0.1, 0.15) is 0 Å². The molecule has 0 unspecified atom stereocenters. The van der Waals surface area contributed by atoms with Gasteiger partial charge in [-0.2, -0.15) is 5.10 Å². The smallest absolute Gasteiger partial charge is 0.328 e. The summed E-state index contributed by atoms with van der Waals surface area (Å²) in [7, 11) is 0. The fourth-order valence-corrected chi connectivity index (χ4v) is 2.14. The Morgan fingerprint density at radius 2 is 2.11 bits per heavy atom. The first-order valence-corrected chi connectivity index (χ1v) is 5.78. The molecule has 3 amide bonds. The van der Waals surface area contributed by atoms with Gasteiger partial charge in [-0.1, -0.05) is 12.1 Å². The molecule has 3 rings (SSSR count). The number of nitrogens with one attached hydrogen (secondary N) is 1. The highest BCUT2D eigenvalue weighted by molar-refractivity contribution is 6.10. The van der Waals surface area contributed by atoms with Crippen molar-refractivity contribution in [3.05, 3.63) is 24.4 Å². The monoisotopic (exact) mass is 257 g/mol. The molecular formula is C12H11N5O2. The minimum atomic E-state index is -0.431. The number of urea groups is 1. The molecule has 96 valence electrons. The molecular weight excluding hydrogens is 246 g/mol. The van der Waals surface area contributed by atoms with Crippen molar-refractivity contribution in [2.75, 3.05) is 17.2 Å². The molecule has 0 radical (unpaired) electrons. The number of imide groups is 1. The van der Waals surface area contributed by atoms with Crippen molar-refractivity contribution >= 4 is 34.2 Å². The number of carbonyl (C=O) groups is 2. The van der Waals surface area contributed by atoms with E-state index in [0.29, 0.717) is 18.1 Å². The summed E-state index contributed by atoms with van der Waals surface area (Å²) >= 11 is 0. The lowest BCUT2D eigenvalue weighted by Crippen LogP contribution is -2.49. The Labute approximate surface area is 108 Å². The summed E-state index contributed by atoms with van der Waals surface area (Å²) in [5.74, 6) is 0.0497. The lowest BCUT2D eigenvalue weighted by atomic mass is 10.1. The predicted octanol–water partition coefficient (Wildman–Crippen LogP) is 0.658. The molecule has 3 N–H and O–H groups in total. The zero-order valence-corrected chi connectivity index (χ0v) is 9.96. The van der Waals surface area contributed by atoms with E-state index in [9.17, 15) is 9.59 Å². The largest absolute Gasteiger partial charge is 0.382 e. The standard InChI is InChI=1S/C12H11N5O2/c13-11-7-2-1-3-9(8(7)6-14-16-11)17-5-4-10(18)15-12(17)19/h1-3,6H,4-5H2,(H2,13,16)(H,15,18,19). The molecule has 7 nitrogen and oxygen atoms in total. The van der Waals surface area contributed by atoms with Crippen molar-refractivity contribution in [3.63, 3.8) is 0 Å². The van der Waals surface area contributed by atoms with Gasteiger partial charge in [0.05, 0.1) is 11.9 Å². The number of nitrogens with zero attached hydrogens (tertiary/aromatic N) is 3. The second-order valence-electron chi connectivity index (χ2n) is 4.22. The number of benzene rings is 1. The van der Waals surface area contributed by atoms with Crippen LogP contribution in [0, 0.1) is 0 Å². The van der Waals surface area contributed by atoms with Crippen LogP contribution in [0.5, 0.6) is 0 Å². The Kier molecular flexibility index (Phi) is 2.52. The van der Waals surface area contributed by atoms with Crippen molar-refractivity contribution in [1.29, 1.82) is 0 Å². The summed E-state index contributed by atoms with van der Waals surface area (Å²) in [5.41, 5.74) is 6.44. The number of amides is 3. The Bertz CT molecular complexity index is 685. The Hall–Kier alpha value is -2.70. The molecule has 1 aromatic heterocycles. The van der Waals surface area contributed by atoms with E-state index in [1.165, 1.54) is 4.90 Å². The molecule has 19 heavy (non-hydrogen) atoms. The molecule has 7 heteroatoms. The van der Waals surface area contributed by atoms with Crippen LogP contribution in [-0.2, 0) is 4.79 Å².